The van der Waals surface area contributed by atoms with Gasteiger partial charge in [-0.3, -0.25) is 0 Å². The maximum Gasteiger partial charge on any atom is 0.127 e. The maximum absolute atomic E-state index is 10.7. The van der Waals surface area contributed by atoms with Crippen LogP contribution in [0.2, 0.25) is 0 Å². The van der Waals surface area contributed by atoms with Gasteiger partial charge >= 0.3 is 0 Å². The molecule has 0 amide bonds. The van der Waals surface area contributed by atoms with Crippen LogP contribution in [0.15, 0.2) is 23.8 Å². The Labute approximate surface area is 154 Å². The zero-order valence-corrected chi connectivity index (χ0v) is 17.0. The van der Waals surface area contributed by atoms with Gasteiger partial charge in [0.2, 0.25) is 0 Å². The van der Waals surface area contributed by atoms with Crippen molar-refractivity contribution in [1.82, 2.24) is 0 Å². The van der Waals surface area contributed by atoms with Crippen molar-refractivity contribution in [3.63, 3.8) is 0 Å². The van der Waals surface area contributed by atoms with Crippen molar-refractivity contribution in [1.29, 1.82) is 0 Å². The predicted octanol–water partition coefficient (Wildman–Crippen LogP) is 6.76. The highest BCUT2D eigenvalue weighted by Crippen LogP contribution is 2.53. The largest absolute Gasteiger partial charge is 0.507 e. The third-order valence-electron chi connectivity index (χ3n) is 5.60. The lowest BCUT2D eigenvalue weighted by Gasteiger charge is -2.46. The Hall–Kier alpha value is -1.44. The highest BCUT2D eigenvalue weighted by Gasteiger charge is 2.45. The van der Waals surface area contributed by atoms with Crippen molar-refractivity contribution in [2.75, 3.05) is 0 Å². The van der Waals surface area contributed by atoms with E-state index in [9.17, 15) is 5.11 Å². The van der Waals surface area contributed by atoms with Gasteiger partial charge in [-0.1, -0.05) is 45.3 Å². The lowest BCUT2D eigenvalue weighted by atomic mass is 9.68. The number of rotatable bonds is 4. The van der Waals surface area contributed by atoms with Crippen LogP contribution in [-0.2, 0) is 6.42 Å². The van der Waals surface area contributed by atoms with Crippen LogP contribution in [-0.4, -0.2) is 10.7 Å². The topological polar surface area (TPSA) is 29.5 Å². The van der Waals surface area contributed by atoms with Crippen molar-refractivity contribution in [2.45, 2.75) is 91.6 Å². The fraction of sp³-hybridized carbons (Fsp3) is 0.652. The van der Waals surface area contributed by atoms with Crippen molar-refractivity contribution in [2.24, 2.45) is 5.92 Å². The number of ether oxygens (including phenoxy) is 1. The van der Waals surface area contributed by atoms with E-state index >= 15 is 0 Å². The fourth-order valence-corrected chi connectivity index (χ4v) is 4.30. The van der Waals surface area contributed by atoms with Gasteiger partial charge in [-0.15, -0.1) is 0 Å². The SMILES string of the molecule is CC.CCCCCc1cc(O)c2c(c1)OC(C)(C)[C@@H]1CCC(C)=CC21. The normalized spacial score (nSPS) is 23.4. The van der Waals surface area contributed by atoms with Crippen LogP contribution in [0, 0.1) is 5.92 Å². The van der Waals surface area contributed by atoms with E-state index in [0.29, 0.717) is 11.7 Å². The van der Waals surface area contributed by atoms with E-state index in [1.165, 1.54) is 30.4 Å². The summed E-state index contributed by atoms with van der Waals surface area (Å²) in [7, 11) is 0. The number of allylic oxidation sites excluding steroid dienone is 2. The molecule has 0 spiro atoms. The number of hydrogen-bond donors (Lipinski definition) is 1. The molecule has 1 aromatic rings. The molecule has 25 heavy (non-hydrogen) atoms. The van der Waals surface area contributed by atoms with E-state index in [0.717, 1.165) is 30.6 Å². The predicted molar refractivity (Wildman–Crippen MR) is 107 cm³/mol. The Morgan fingerprint density at radius 1 is 1.20 bits per heavy atom. The highest BCUT2D eigenvalue weighted by molar-refractivity contribution is 5.53. The number of phenols is 1. The molecular formula is C23H36O2. The van der Waals surface area contributed by atoms with Crippen molar-refractivity contribution in [3.8, 4) is 11.5 Å². The molecule has 0 saturated heterocycles. The molecule has 2 atom stereocenters. The van der Waals surface area contributed by atoms with E-state index in [1.807, 2.05) is 19.9 Å². The van der Waals surface area contributed by atoms with Gasteiger partial charge in [0.25, 0.3) is 0 Å². The van der Waals surface area contributed by atoms with Crippen LogP contribution in [0.1, 0.15) is 90.7 Å². The molecule has 1 N–H and O–H groups in total. The summed E-state index contributed by atoms with van der Waals surface area (Å²) in [6.45, 7) is 12.8. The quantitative estimate of drug-likeness (QED) is 0.483. The molecule has 1 aliphatic carbocycles. The Morgan fingerprint density at radius 3 is 2.60 bits per heavy atom. The van der Waals surface area contributed by atoms with Crippen LogP contribution in [0.3, 0.4) is 0 Å². The number of phenolic OH excluding ortho intramolecular Hbond substituents is 1. The zero-order chi connectivity index (χ0) is 18.6. The van der Waals surface area contributed by atoms with Gasteiger partial charge < -0.3 is 9.84 Å². The molecule has 140 valence electrons. The number of unbranched alkanes of at least 4 members (excludes halogenated alkanes) is 2. The molecule has 0 bridgehead atoms. The van der Waals surface area contributed by atoms with Gasteiger partial charge in [0.05, 0.1) is 0 Å². The lowest BCUT2D eigenvalue weighted by molar-refractivity contribution is 0.0107. The molecule has 3 rings (SSSR count). The summed E-state index contributed by atoms with van der Waals surface area (Å²) in [5, 5.41) is 10.7. The number of aryl methyl sites for hydroxylation is 1. The van der Waals surface area contributed by atoms with E-state index in [4.69, 9.17) is 4.74 Å². The number of fused-ring (bicyclic) bond motifs is 3. The van der Waals surface area contributed by atoms with E-state index in [-0.39, 0.29) is 11.5 Å². The number of aromatic hydroxyl groups is 1. The summed E-state index contributed by atoms with van der Waals surface area (Å²) in [6, 6.07) is 4.13. The standard InChI is InChI=1S/C21H30O2.C2H6/c1-5-6-7-8-15-12-18(22)20-16-11-14(2)9-10-17(16)21(3,4)23-19(20)13-15;1-2/h11-13,16-17,22H,5-10H2,1-4H3;1-2H3/t16?,17-;/m1./s1. The van der Waals surface area contributed by atoms with Gasteiger partial charge in [-0.2, -0.15) is 0 Å². The minimum atomic E-state index is -0.177. The maximum atomic E-state index is 10.7. The van der Waals surface area contributed by atoms with E-state index in [1.54, 1.807) is 0 Å². The van der Waals surface area contributed by atoms with Crippen LogP contribution in [0.4, 0.5) is 0 Å². The number of hydrogen-bond acceptors (Lipinski definition) is 2. The molecule has 2 heteroatoms. The van der Waals surface area contributed by atoms with Gasteiger partial charge in [0, 0.05) is 17.4 Å². The van der Waals surface area contributed by atoms with E-state index < -0.39 is 0 Å². The van der Waals surface area contributed by atoms with Crippen molar-refractivity contribution in [3.05, 3.63) is 34.9 Å². The molecule has 1 aromatic carbocycles. The number of benzene rings is 1. The van der Waals surface area contributed by atoms with Crippen molar-refractivity contribution >= 4 is 0 Å². The van der Waals surface area contributed by atoms with Crippen LogP contribution in [0.5, 0.6) is 11.5 Å². The summed E-state index contributed by atoms with van der Waals surface area (Å²) in [4.78, 5) is 0. The van der Waals surface area contributed by atoms with Crippen LogP contribution >= 0.6 is 0 Å². The molecule has 2 aliphatic rings. The van der Waals surface area contributed by atoms with Gasteiger partial charge in [-0.25, -0.2) is 0 Å². The summed E-state index contributed by atoms with van der Waals surface area (Å²) in [5.74, 6) is 2.04. The summed E-state index contributed by atoms with van der Waals surface area (Å²) in [5.41, 5.74) is 3.46. The first-order valence-electron chi connectivity index (χ1n) is 10.1. The van der Waals surface area contributed by atoms with Gasteiger partial charge in [-0.05, 0) is 64.2 Å². The Bertz CT molecular complexity index is 613. The second-order valence-corrected chi connectivity index (χ2v) is 7.87. The minimum Gasteiger partial charge on any atom is -0.507 e. The molecule has 1 heterocycles. The second kappa shape index (κ2) is 8.29. The molecular weight excluding hydrogens is 308 g/mol. The third-order valence-corrected chi connectivity index (χ3v) is 5.60. The fourth-order valence-electron chi connectivity index (χ4n) is 4.30. The first kappa shape index (κ1) is 19.9. The average molecular weight is 345 g/mol. The first-order valence-corrected chi connectivity index (χ1v) is 10.1. The highest BCUT2D eigenvalue weighted by atomic mass is 16.5. The first-order chi connectivity index (χ1) is 11.9. The Balaban J connectivity index is 0.00000109. The van der Waals surface area contributed by atoms with Crippen molar-refractivity contribution < 1.29 is 9.84 Å². The minimum absolute atomic E-state index is 0.177. The molecule has 1 aliphatic heterocycles. The average Bonchev–Trinajstić information content (AvgIpc) is 2.55. The zero-order valence-electron chi connectivity index (χ0n) is 17.0. The molecule has 0 radical (unpaired) electrons. The lowest BCUT2D eigenvalue weighted by Crippen LogP contribution is -2.45. The van der Waals surface area contributed by atoms with Gasteiger partial charge in [0.15, 0.2) is 0 Å². The Morgan fingerprint density at radius 2 is 1.92 bits per heavy atom. The molecule has 1 unspecified atom stereocenters. The van der Waals surface area contributed by atoms with Gasteiger partial charge in [0.1, 0.15) is 17.1 Å². The molecule has 0 saturated carbocycles. The third kappa shape index (κ3) is 4.22. The van der Waals surface area contributed by atoms with Crippen LogP contribution in [0.25, 0.3) is 0 Å². The van der Waals surface area contributed by atoms with Crippen LogP contribution < -0.4 is 4.74 Å². The summed E-state index contributed by atoms with van der Waals surface area (Å²) < 4.78 is 6.36. The second-order valence-electron chi connectivity index (χ2n) is 7.87. The summed E-state index contributed by atoms with van der Waals surface area (Å²) in [6.07, 6.45) is 9.26. The molecule has 2 nitrogen and oxygen atoms in total. The van der Waals surface area contributed by atoms with E-state index in [2.05, 4.69) is 39.8 Å². The monoisotopic (exact) mass is 344 g/mol. The Kier molecular flexibility index (Phi) is 6.59. The smallest absolute Gasteiger partial charge is 0.127 e. The molecule has 0 aromatic heterocycles. The molecule has 0 fully saturated rings. The summed E-state index contributed by atoms with van der Waals surface area (Å²) >= 11 is 0.